The summed E-state index contributed by atoms with van der Waals surface area (Å²) in [7, 11) is 1.60. The highest BCUT2D eigenvalue weighted by Gasteiger charge is 2.08. The van der Waals surface area contributed by atoms with E-state index >= 15 is 0 Å². The average Bonchev–Trinajstić information content (AvgIpc) is 2.74. The normalized spacial score (nSPS) is 10.2. The SMILES string of the molecule is COc1cccc(Sc2nncs2)c1N. The van der Waals surface area contributed by atoms with E-state index in [9.17, 15) is 0 Å². The minimum atomic E-state index is 0.639. The third-order valence-corrected chi connectivity index (χ3v) is 3.64. The van der Waals surface area contributed by atoms with Gasteiger partial charge in [0.25, 0.3) is 0 Å². The lowest BCUT2D eigenvalue weighted by molar-refractivity contribution is 0.416. The quantitative estimate of drug-likeness (QED) is 0.833. The average molecular weight is 239 g/mol. The third-order valence-electron chi connectivity index (χ3n) is 1.78. The Hall–Kier alpha value is -1.27. The number of hydrogen-bond donors (Lipinski definition) is 1. The second-order valence-electron chi connectivity index (χ2n) is 2.68. The van der Waals surface area contributed by atoms with Crippen LogP contribution in [-0.2, 0) is 0 Å². The zero-order valence-electron chi connectivity index (χ0n) is 8.01. The molecule has 4 nitrogen and oxygen atoms in total. The molecule has 0 unspecified atom stereocenters. The fourth-order valence-electron chi connectivity index (χ4n) is 1.09. The Morgan fingerprint density at radius 1 is 1.47 bits per heavy atom. The van der Waals surface area contributed by atoms with Crippen LogP contribution in [0.4, 0.5) is 5.69 Å². The van der Waals surface area contributed by atoms with Crippen LogP contribution in [0.25, 0.3) is 0 Å². The van der Waals surface area contributed by atoms with Crippen molar-refractivity contribution in [2.24, 2.45) is 0 Å². The minimum absolute atomic E-state index is 0.639. The fourth-order valence-corrected chi connectivity index (χ4v) is 2.60. The molecule has 1 aromatic heterocycles. The Labute approximate surface area is 95.5 Å². The van der Waals surface area contributed by atoms with Gasteiger partial charge in [0, 0.05) is 4.90 Å². The maximum atomic E-state index is 5.92. The second-order valence-corrected chi connectivity index (χ2v) is 4.80. The van der Waals surface area contributed by atoms with Crippen LogP contribution in [-0.4, -0.2) is 17.3 Å². The van der Waals surface area contributed by atoms with E-state index in [1.165, 1.54) is 23.1 Å². The van der Waals surface area contributed by atoms with Gasteiger partial charge in [0.05, 0.1) is 12.8 Å². The molecule has 0 saturated carbocycles. The number of para-hydroxylation sites is 1. The summed E-state index contributed by atoms with van der Waals surface area (Å²) in [6, 6.07) is 5.67. The van der Waals surface area contributed by atoms with E-state index in [1.807, 2.05) is 18.2 Å². The molecular formula is C9H9N3OS2. The molecule has 78 valence electrons. The lowest BCUT2D eigenvalue weighted by atomic mass is 10.3. The fraction of sp³-hybridized carbons (Fsp3) is 0.111. The first-order valence-electron chi connectivity index (χ1n) is 4.17. The highest BCUT2D eigenvalue weighted by atomic mass is 32.2. The lowest BCUT2D eigenvalue weighted by Gasteiger charge is -2.07. The molecule has 0 atom stereocenters. The van der Waals surface area contributed by atoms with E-state index in [1.54, 1.807) is 12.6 Å². The predicted octanol–water partition coefficient (Wildman–Crippen LogP) is 2.28. The Morgan fingerprint density at radius 3 is 3.00 bits per heavy atom. The van der Waals surface area contributed by atoms with Crippen LogP contribution in [0.2, 0.25) is 0 Å². The molecule has 0 bridgehead atoms. The highest BCUT2D eigenvalue weighted by molar-refractivity contribution is 8.01. The van der Waals surface area contributed by atoms with Crippen molar-refractivity contribution in [3.63, 3.8) is 0 Å². The van der Waals surface area contributed by atoms with Crippen molar-refractivity contribution in [3.8, 4) is 5.75 Å². The molecule has 0 fully saturated rings. The summed E-state index contributed by atoms with van der Waals surface area (Å²) in [6.45, 7) is 0. The zero-order chi connectivity index (χ0) is 10.7. The monoisotopic (exact) mass is 239 g/mol. The van der Waals surface area contributed by atoms with Crippen LogP contribution < -0.4 is 10.5 Å². The van der Waals surface area contributed by atoms with Crippen molar-refractivity contribution in [1.29, 1.82) is 0 Å². The molecule has 0 amide bonds. The highest BCUT2D eigenvalue weighted by Crippen LogP contribution is 2.36. The summed E-state index contributed by atoms with van der Waals surface area (Å²) >= 11 is 2.97. The molecule has 0 saturated heterocycles. The molecule has 0 aliphatic heterocycles. The molecule has 1 aromatic carbocycles. The number of benzene rings is 1. The summed E-state index contributed by atoms with van der Waals surface area (Å²) in [5.74, 6) is 0.685. The van der Waals surface area contributed by atoms with Crippen LogP contribution in [0.15, 0.2) is 32.9 Å². The van der Waals surface area contributed by atoms with Gasteiger partial charge in [-0.3, -0.25) is 0 Å². The summed E-state index contributed by atoms with van der Waals surface area (Å²) in [5, 5.41) is 7.71. The number of ether oxygens (including phenoxy) is 1. The summed E-state index contributed by atoms with van der Waals surface area (Å²) in [5.41, 5.74) is 8.25. The largest absolute Gasteiger partial charge is 0.495 e. The molecule has 0 spiro atoms. The van der Waals surface area contributed by atoms with Crippen molar-refractivity contribution in [2.75, 3.05) is 12.8 Å². The first-order chi connectivity index (χ1) is 7.31. The predicted molar refractivity (Wildman–Crippen MR) is 61.4 cm³/mol. The number of nitrogen functional groups attached to an aromatic ring is 1. The van der Waals surface area contributed by atoms with E-state index in [4.69, 9.17) is 10.5 Å². The smallest absolute Gasteiger partial charge is 0.178 e. The van der Waals surface area contributed by atoms with E-state index in [2.05, 4.69) is 10.2 Å². The Balaban J connectivity index is 2.29. The van der Waals surface area contributed by atoms with Crippen molar-refractivity contribution >= 4 is 28.8 Å². The van der Waals surface area contributed by atoms with E-state index in [-0.39, 0.29) is 0 Å². The van der Waals surface area contributed by atoms with Gasteiger partial charge in [0.2, 0.25) is 0 Å². The van der Waals surface area contributed by atoms with Crippen molar-refractivity contribution in [1.82, 2.24) is 10.2 Å². The van der Waals surface area contributed by atoms with Gasteiger partial charge in [0.15, 0.2) is 4.34 Å². The first-order valence-corrected chi connectivity index (χ1v) is 5.87. The first kappa shape index (κ1) is 10.3. The van der Waals surface area contributed by atoms with Gasteiger partial charge in [-0.15, -0.1) is 10.2 Å². The Morgan fingerprint density at radius 2 is 2.33 bits per heavy atom. The maximum Gasteiger partial charge on any atom is 0.178 e. The summed E-state index contributed by atoms with van der Waals surface area (Å²) in [4.78, 5) is 0.936. The standard InChI is InChI=1S/C9H9N3OS2/c1-13-6-3-2-4-7(8(6)10)15-9-12-11-5-14-9/h2-5H,10H2,1H3. The number of nitrogens with two attached hydrogens (primary N) is 1. The summed E-state index contributed by atoms with van der Waals surface area (Å²) < 4.78 is 6.00. The maximum absolute atomic E-state index is 5.92. The van der Waals surface area contributed by atoms with Gasteiger partial charge < -0.3 is 10.5 Å². The Kier molecular flexibility index (Phi) is 3.08. The Bertz CT molecular complexity index is 445. The number of nitrogens with zero attached hydrogens (tertiary/aromatic N) is 2. The van der Waals surface area contributed by atoms with Gasteiger partial charge in [-0.05, 0) is 12.1 Å². The number of anilines is 1. The van der Waals surface area contributed by atoms with E-state index in [0.29, 0.717) is 11.4 Å². The lowest BCUT2D eigenvalue weighted by Crippen LogP contribution is -1.93. The molecule has 0 aliphatic rings. The molecule has 6 heteroatoms. The molecule has 1 heterocycles. The van der Waals surface area contributed by atoms with Crippen LogP contribution in [0.5, 0.6) is 5.75 Å². The number of hydrogen-bond acceptors (Lipinski definition) is 6. The second kappa shape index (κ2) is 4.50. The summed E-state index contributed by atoms with van der Waals surface area (Å²) in [6.07, 6.45) is 0. The molecule has 2 rings (SSSR count). The van der Waals surface area contributed by atoms with E-state index in [0.717, 1.165) is 9.24 Å². The van der Waals surface area contributed by atoms with Gasteiger partial charge in [0.1, 0.15) is 11.3 Å². The minimum Gasteiger partial charge on any atom is -0.495 e. The molecule has 15 heavy (non-hydrogen) atoms. The number of rotatable bonds is 3. The number of aromatic nitrogens is 2. The van der Waals surface area contributed by atoms with Crippen LogP contribution in [0.1, 0.15) is 0 Å². The van der Waals surface area contributed by atoms with Gasteiger partial charge in [-0.2, -0.15) is 0 Å². The van der Waals surface area contributed by atoms with Crippen molar-refractivity contribution < 1.29 is 4.74 Å². The molecule has 0 radical (unpaired) electrons. The zero-order valence-corrected chi connectivity index (χ0v) is 9.64. The molecule has 0 aliphatic carbocycles. The van der Waals surface area contributed by atoms with Crippen LogP contribution >= 0.6 is 23.1 Å². The van der Waals surface area contributed by atoms with E-state index < -0.39 is 0 Å². The molecule has 2 aromatic rings. The van der Waals surface area contributed by atoms with Crippen molar-refractivity contribution in [3.05, 3.63) is 23.7 Å². The van der Waals surface area contributed by atoms with Crippen molar-refractivity contribution in [2.45, 2.75) is 9.24 Å². The molecule has 2 N–H and O–H groups in total. The third kappa shape index (κ3) is 2.21. The molecular weight excluding hydrogens is 230 g/mol. The topological polar surface area (TPSA) is 61.0 Å². The van der Waals surface area contributed by atoms with Crippen LogP contribution in [0.3, 0.4) is 0 Å². The van der Waals surface area contributed by atoms with Gasteiger partial charge in [-0.1, -0.05) is 29.2 Å². The van der Waals surface area contributed by atoms with Gasteiger partial charge >= 0.3 is 0 Å². The van der Waals surface area contributed by atoms with Crippen LogP contribution in [0, 0.1) is 0 Å². The van der Waals surface area contributed by atoms with Gasteiger partial charge in [-0.25, -0.2) is 0 Å². The number of methoxy groups -OCH3 is 1.